The second kappa shape index (κ2) is 10.8. The molecule has 2 aliphatic rings. The standard InChI is InChI=1S/C16H26N6O13P2/c17-1-6-10(23)11(24)7(33-6)2-31-36(27,28)35-37(29,30)32-3-8-12(25)13(26)16(34-8)22-5-21-9-14(18)19-4-20-15(9)22/h4-8,10-13,16,23-26H,1-3,17H2,(H,27,28)(H,29,30)(H2,18,19,20)/t6-,7+,8-,10-,11+,12-,13-,16-/m0/s1. The summed E-state index contributed by atoms with van der Waals surface area (Å²) in [6.07, 6.45) is -8.52. The van der Waals surface area contributed by atoms with Gasteiger partial charge in [0.05, 0.1) is 25.6 Å². The van der Waals surface area contributed by atoms with Crippen molar-refractivity contribution in [2.45, 2.75) is 49.0 Å². The summed E-state index contributed by atoms with van der Waals surface area (Å²) in [4.78, 5) is 31.5. The zero-order chi connectivity index (χ0) is 27.1. The minimum absolute atomic E-state index is 0.0649. The van der Waals surface area contributed by atoms with Gasteiger partial charge in [0.1, 0.15) is 48.5 Å². The summed E-state index contributed by atoms with van der Waals surface area (Å²) in [5.41, 5.74) is 11.5. The molecule has 2 saturated heterocycles. The monoisotopic (exact) mass is 572 g/mol. The lowest BCUT2D eigenvalue weighted by molar-refractivity contribution is -0.0507. The van der Waals surface area contributed by atoms with Crippen LogP contribution in [0.5, 0.6) is 0 Å². The van der Waals surface area contributed by atoms with Crippen molar-refractivity contribution >= 4 is 32.6 Å². The predicted octanol–water partition coefficient (Wildman–Crippen LogP) is -3.27. The SMILES string of the molecule is NC[C@@H]1O[C@H](COP(=O)(O)OP(=O)(O)OC[C@@H]2O[C@H](n3cnc4c(N)ncnc43)[C@@H](O)[C@H]2O)[C@@H](O)[C@H]1O. The third-order valence-corrected chi connectivity index (χ3v) is 8.30. The molecule has 0 bridgehead atoms. The fraction of sp³-hybridized carbons (Fsp3) is 0.688. The fourth-order valence-corrected chi connectivity index (χ4v) is 5.91. The first-order chi connectivity index (χ1) is 17.3. The molecule has 208 valence electrons. The first-order valence-corrected chi connectivity index (χ1v) is 13.6. The molecule has 0 radical (unpaired) electrons. The van der Waals surface area contributed by atoms with Gasteiger partial charge in [0.2, 0.25) is 0 Å². The third-order valence-electron chi connectivity index (χ3n) is 5.70. The van der Waals surface area contributed by atoms with E-state index in [9.17, 15) is 39.3 Å². The quantitative estimate of drug-likeness (QED) is 0.129. The molecule has 2 aromatic heterocycles. The molecule has 2 aromatic rings. The molecule has 0 amide bonds. The van der Waals surface area contributed by atoms with E-state index in [0.717, 1.165) is 6.33 Å². The highest BCUT2D eigenvalue weighted by Crippen LogP contribution is 2.60. The van der Waals surface area contributed by atoms with Crippen LogP contribution in [0.3, 0.4) is 0 Å². The lowest BCUT2D eigenvalue weighted by atomic mass is 10.1. The number of hydrogen-bond donors (Lipinski definition) is 8. The van der Waals surface area contributed by atoms with Crippen LogP contribution >= 0.6 is 15.6 Å². The predicted molar refractivity (Wildman–Crippen MR) is 118 cm³/mol. The van der Waals surface area contributed by atoms with Crippen LogP contribution in [-0.4, -0.2) is 112 Å². The van der Waals surface area contributed by atoms with Gasteiger partial charge in [-0.3, -0.25) is 13.6 Å². The van der Waals surface area contributed by atoms with Crippen LogP contribution in [0.15, 0.2) is 12.7 Å². The summed E-state index contributed by atoms with van der Waals surface area (Å²) in [7, 11) is -10.5. The Balaban J connectivity index is 1.33. The lowest BCUT2D eigenvalue weighted by Crippen LogP contribution is -2.36. The molecule has 0 aliphatic carbocycles. The highest BCUT2D eigenvalue weighted by molar-refractivity contribution is 7.61. The van der Waals surface area contributed by atoms with Crippen LogP contribution in [0.25, 0.3) is 11.2 Å². The zero-order valence-corrected chi connectivity index (χ0v) is 20.6. The molecule has 2 fully saturated rings. The third kappa shape index (κ3) is 6.00. The van der Waals surface area contributed by atoms with Gasteiger partial charge in [-0.2, -0.15) is 4.31 Å². The van der Waals surface area contributed by atoms with Gasteiger partial charge in [0, 0.05) is 6.54 Å². The summed E-state index contributed by atoms with van der Waals surface area (Å²) in [5, 5.41) is 40.4. The molecule has 0 saturated carbocycles. The molecule has 0 spiro atoms. The second-order valence-corrected chi connectivity index (χ2v) is 11.2. The van der Waals surface area contributed by atoms with E-state index in [1.54, 1.807) is 0 Å². The number of aliphatic hydroxyl groups excluding tert-OH is 4. The highest BCUT2D eigenvalue weighted by atomic mass is 31.3. The number of phosphoric acid groups is 2. The minimum Gasteiger partial charge on any atom is -0.388 e. The Labute approximate surface area is 207 Å². The maximum atomic E-state index is 12.2. The van der Waals surface area contributed by atoms with Crippen LogP contribution < -0.4 is 11.5 Å². The van der Waals surface area contributed by atoms with E-state index in [1.165, 1.54) is 10.9 Å². The number of rotatable bonds is 10. The number of aliphatic hydroxyl groups is 4. The Kier molecular flexibility index (Phi) is 8.30. The number of hydrogen-bond acceptors (Lipinski definition) is 16. The molecular formula is C16H26N6O13P2. The van der Waals surface area contributed by atoms with Crippen LogP contribution in [0.2, 0.25) is 0 Å². The van der Waals surface area contributed by atoms with E-state index in [-0.39, 0.29) is 23.5 Å². The molecule has 37 heavy (non-hydrogen) atoms. The largest absolute Gasteiger partial charge is 0.481 e. The molecule has 21 heteroatoms. The van der Waals surface area contributed by atoms with E-state index in [1.807, 2.05) is 0 Å². The van der Waals surface area contributed by atoms with Crippen molar-refractivity contribution in [3.8, 4) is 0 Å². The molecule has 2 aliphatic heterocycles. The maximum Gasteiger partial charge on any atom is 0.481 e. The van der Waals surface area contributed by atoms with E-state index in [0.29, 0.717) is 0 Å². The number of ether oxygens (including phenoxy) is 2. The van der Waals surface area contributed by atoms with Crippen molar-refractivity contribution in [1.82, 2.24) is 19.5 Å². The van der Waals surface area contributed by atoms with Crippen molar-refractivity contribution < 1.29 is 62.2 Å². The van der Waals surface area contributed by atoms with Gasteiger partial charge in [0.25, 0.3) is 0 Å². The van der Waals surface area contributed by atoms with Crippen LogP contribution in [0.4, 0.5) is 5.82 Å². The average molecular weight is 572 g/mol. The number of anilines is 1. The summed E-state index contributed by atoms with van der Waals surface area (Å²) >= 11 is 0. The molecule has 10 atom stereocenters. The van der Waals surface area contributed by atoms with Crippen molar-refractivity contribution in [3.63, 3.8) is 0 Å². The number of fused-ring (bicyclic) bond motifs is 1. The number of nitrogens with two attached hydrogens (primary N) is 2. The highest BCUT2D eigenvalue weighted by Gasteiger charge is 2.47. The molecular weight excluding hydrogens is 546 g/mol. The fourth-order valence-electron chi connectivity index (χ4n) is 3.82. The van der Waals surface area contributed by atoms with Crippen molar-refractivity contribution in [3.05, 3.63) is 12.7 Å². The van der Waals surface area contributed by atoms with Crippen molar-refractivity contribution in [1.29, 1.82) is 0 Å². The van der Waals surface area contributed by atoms with Gasteiger partial charge >= 0.3 is 15.6 Å². The number of nitrogen functional groups attached to an aromatic ring is 1. The topological polar surface area (TPSA) is 297 Å². The Morgan fingerprint density at radius 2 is 1.46 bits per heavy atom. The smallest absolute Gasteiger partial charge is 0.388 e. The number of nitrogens with zero attached hydrogens (tertiary/aromatic N) is 4. The van der Waals surface area contributed by atoms with Crippen LogP contribution in [-0.2, 0) is 32.0 Å². The number of phosphoric ester groups is 2. The number of imidazole rings is 1. The first kappa shape index (κ1) is 28.3. The minimum atomic E-state index is -5.28. The van der Waals surface area contributed by atoms with Gasteiger partial charge in [-0.25, -0.2) is 24.1 Å². The summed E-state index contributed by atoms with van der Waals surface area (Å²) in [6.45, 7) is -1.81. The molecule has 2 unspecified atom stereocenters. The van der Waals surface area contributed by atoms with Gasteiger partial charge in [-0.05, 0) is 0 Å². The Morgan fingerprint density at radius 1 is 0.892 bits per heavy atom. The Morgan fingerprint density at radius 3 is 2.05 bits per heavy atom. The van der Waals surface area contributed by atoms with Gasteiger partial charge in [0.15, 0.2) is 17.7 Å². The van der Waals surface area contributed by atoms with E-state index in [2.05, 4.69) is 28.3 Å². The Bertz CT molecular complexity index is 1200. The summed E-state index contributed by atoms with van der Waals surface area (Å²) < 4.78 is 49.7. The number of aromatic nitrogens is 4. The zero-order valence-electron chi connectivity index (χ0n) is 18.8. The average Bonchev–Trinajstić information content (AvgIpc) is 3.46. The first-order valence-electron chi connectivity index (χ1n) is 10.7. The van der Waals surface area contributed by atoms with E-state index < -0.39 is 77.8 Å². The molecule has 19 nitrogen and oxygen atoms in total. The van der Waals surface area contributed by atoms with E-state index in [4.69, 9.17) is 20.9 Å². The molecule has 0 aromatic carbocycles. The maximum absolute atomic E-state index is 12.2. The molecule has 4 rings (SSSR count). The van der Waals surface area contributed by atoms with Gasteiger partial charge in [-0.1, -0.05) is 0 Å². The normalized spacial score (nSPS) is 35.5. The van der Waals surface area contributed by atoms with Gasteiger partial charge < -0.3 is 51.2 Å². The lowest BCUT2D eigenvalue weighted by Gasteiger charge is -2.20. The molecule has 4 heterocycles. The van der Waals surface area contributed by atoms with Crippen LogP contribution in [0.1, 0.15) is 6.23 Å². The second-order valence-electron chi connectivity index (χ2n) is 8.17. The summed E-state index contributed by atoms with van der Waals surface area (Å²) in [5.74, 6) is 0.0649. The van der Waals surface area contributed by atoms with E-state index >= 15 is 0 Å². The Hall–Kier alpha value is -1.67. The van der Waals surface area contributed by atoms with Crippen molar-refractivity contribution in [2.24, 2.45) is 5.73 Å². The summed E-state index contributed by atoms with van der Waals surface area (Å²) in [6, 6.07) is 0. The molecule has 10 N–H and O–H groups in total. The van der Waals surface area contributed by atoms with Crippen LogP contribution in [0, 0.1) is 0 Å². The van der Waals surface area contributed by atoms with Crippen molar-refractivity contribution in [2.75, 3.05) is 25.5 Å². The van der Waals surface area contributed by atoms with Gasteiger partial charge in [-0.15, -0.1) is 0 Å².